The monoisotopic (exact) mass is 457 g/mol. The SMILES string of the molecule is CC[C@H](Sc1nc2ccccc2c2nc(-c3ccccc3)nn12)C(=O)Nc1ccc(F)cc1. The largest absolute Gasteiger partial charge is 0.325 e. The minimum Gasteiger partial charge on any atom is -0.325 e. The van der Waals surface area contributed by atoms with E-state index in [2.05, 4.69) is 5.32 Å². The predicted molar refractivity (Wildman–Crippen MR) is 129 cm³/mol. The molecular formula is C25H20FN5OS. The molecule has 0 bridgehead atoms. The topological polar surface area (TPSA) is 72.2 Å². The molecule has 0 fully saturated rings. The second kappa shape index (κ2) is 8.99. The molecule has 0 aliphatic rings. The molecule has 6 nitrogen and oxygen atoms in total. The van der Waals surface area contributed by atoms with Crippen LogP contribution in [0.15, 0.2) is 84.0 Å². The molecule has 5 aromatic rings. The first kappa shape index (κ1) is 21.1. The number of fused-ring (bicyclic) bond motifs is 3. The van der Waals surface area contributed by atoms with E-state index in [0.29, 0.717) is 28.7 Å². The Morgan fingerprint density at radius 3 is 2.48 bits per heavy atom. The van der Waals surface area contributed by atoms with E-state index in [-0.39, 0.29) is 11.7 Å². The number of aromatic nitrogens is 4. The maximum absolute atomic E-state index is 13.2. The number of carbonyl (C=O) groups is 1. The van der Waals surface area contributed by atoms with Crippen molar-refractivity contribution in [3.63, 3.8) is 0 Å². The molecule has 0 aliphatic carbocycles. The zero-order chi connectivity index (χ0) is 22.8. The number of benzene rings is 3. The standard InChI is InChI=1S/C25H20FN5OS/c1-2-21(24(32)27-18-14-12-17(26)13-15-18)33-25-28-20-11-7-6-10-19(20)23-29-22(30-31(23)25)16-8-4-3-5-9-16/h3-15,21H,2H2,1H3,(H,27,32)/t21-/m0/s1. The fourth-order valence-corrected chi connectivity index (χ4v) is 4.49. The minimum atomic E-state index is -0.420. The number of thioether (sulfide) groups is 1. The van der Waals surface area contributed by atoms with Crippen molar-refractivity contribution in [2.75, 3.05) is 5.32 Å². The Labute approximate surface area is 193 Å². The van der Waals surface area contributed by atoms with Crippen LogP contribution in [-0.4, -0.2) is 30.7 Å². The number of amides is 1. The van der Waals surface area contributed by atoms with Crippen LogP contribution >= 0.6 is 11.8 Å². The highest BCUT2D eigenvalue weighted by molar-refractivity contribution is 8.00. The molecule has 0 spiro atoms. The van der Waals surface area contributed by atoms with Gasteiger partial charge in [-0.1, -0.05) is 61.2 Å². The van der Waals surface area contributed by atoms with E-state index in [1.165, 1.54) is 23.9 Å². The smallest absolute Gasteiger partial charge is 0.237 e. The van der Waals surface area contributed by atoms with E-state index in [1.807, 2.05) is 61.5 Å². The van der Waals surface area contributed by atoms with Gasteiger partial charge < -0.3 is 5.32 Å². The summed E-state index contributed by atoms with van der Waals surface area (Å²) in [5, 5.41) is 8.63. The van der Waals surface area contributed by atoms with Crippen molar-refractivity contribution < 1.29 is 9.18 Å². The second-order valence-electron chi connectivity index (χ2n) is 7.46. The van der Waals surface area contributed by atoms with Crippen LogP contribution in [0.25, 0.3) is 27.9 Å². The normalized spacial score (nSPS) is 12.2. The third-order valence-corrected chi connectivity index (χ3v) is 6.51. The predicted octanol–water partition coefficient (Wildman–Crippen LogP) is 5.59. The molecule has 164 valence electrons. The molecule has 0 aliphatic heterocycles. The first-order valence-electron chi connectivity index (χ1n) is 10.6. The lowest BCUT2D eigenvalue weighted by Crippen LogP contribution is -2.25. The number of anilines is 1. The Hall–Kier alpha value is -3.78. The Kier molecular flexibility index (Phi) is 5.75. The lowest BCUT2D eigenvalue weighted by molar-refractivity contribution is -0.115. The van der Waals surface area contributed by atoms with Crippen molar-refractivity contribution >= 4 is 39.9 Å². The average Bonchev–Trinajstić information content (AvgIpc) is 3.30. The van der Waals surface area contributed by atoms with Crippen molar-refractivity contribution in [1.82, 2.24) is 19.6 Å². The summed E-state index contributed by atoms with van der Waals surface area (Å²) in [4.78, 5) is 22.5. The molecule has 8 heteroatoms. The maximum Gasteiger partial charge on any atom is 0.237 e. The molecule has 5 rings (SSSR count). The highest BCUT2D eigenvalue weighted by Crippen LogP contribution is 2.30. The van der Waals surface area contributed by atoms with Crippen LogP contribution in [0.1, 0.15) is 13.3 Å². The summed E-state index contributed by atoms with van der Waals surface area (Å²) in [6.45, 7) is 1.94. The molecule has 2 heterocycles. The van der Waals surface area contributed by atoms with Crippen molar-refractivity contribution in [2.24, 2.45) is 0 Å². The van der Waals surface area contributed by atoms with E-state index >= 15 is 0 Å². The Morgan fingerprint density at radius 1 is 1.00 bits per heavy atom. The number of rotatable bonds is 6. The molecular weight excluding hydrogens is 437 g/mol. The summed E-state index contributed by atoms with van der Waals surface area (Å²) in [7, 11) is 0. The second-order valence-corrected chi connectivity index (χ2v) is 8.63. The quantitative estimate of drug-likeness (QED) is 0.266. The van der Waals surface area contributed by atoms with E-state index < -0.39 is 5.25 Å². The lowest BCUT2D eigenvalue weighted by Gasteiger charge is -2.15. The van der Waals surface area contributed by atoms with Crippen LogP contribution in [0.3, 0.4) is 0 Å². The summed E-state index contributed by atoms with van der Waals surface area (Å²) in [6.07, 6.45) is 0.577. The fraction of sp³-hybridized carbons (Fsp3) is 0.120. The lowest BCUT2D eigenvalue weighted by atomic mass is 10.2. The van der Waals surface area contributed by atoms with Crippen LogP contribution in [0.4, 0.5) is 10.1 Å². The van der Waals surface area contributed by atoms with Crippen LogP contribution in [-0.2, 0) is 4.79 Å². The van der Waals surface area contributed by atoms with Crippen molar-refractivity contribution in [3.8, 4) is 11.4 Å². The van der Waals surface area contributed by atoms with Crippen LogP contribution in [0.5, 0.6) is 0 Å². The number of carbonyl (C=O) groups excluding carboxylic acids is 1. The molecule has 2 aromatic heterocycles. The molecule has 0 saturated carbocycles. The van der Waals surface area contributed by atoms with Gasteiger partial charge in [0, 0.05) is 16.6 Å². The van der Waals surface area contributed by atoms with Gasteiger partial charge in [-0.25, -0.2) is 14.4 Å². The van der Waals surface area contributed by atoms with E-state index in [0.717, 1.165) is 16.5 Å². The van der Waals surface area contributed by atoms with Gasteiger partial charge in [0.1, 0.15) is 5.82 Å². The first-order chi connectivity index (χ1) is 16.1. The van der Waals surface area contributed by atoms with E-state index in [9.17, 15) is 9.18 Å². The maximum atomic E-state index is 13.2. The van der Waals surface area contributed by atoms with Gasteiger partial charge in [-0.3, -0.25) is 4.79 Å². The van der Waals surface area contributed by atoms with Gasteiger partial charge in [0.05, 0.1) is 10.8 Å². The Bertz CT molecular complexity index is 1440. The van der Waals surface area contributed by atoms with Gasteiger partial charge in [-0.15, -0.1) is 5.10 Å². The number of hydrogen-bond donors (Lipinski definition) is 1. The van der Waals surface area contributed by atoms with Crippen LogP contribution < -0.4 is 5.32 Å². The first-order valence-corrected chi connectivity index (χ1v) is 11.4. The van der Waals surface area contributed by atoms with Gasteiger partial charge in [-0.05, 0) is 42.8 Å². The molecule has 0 radical (unpaired) electrons. The van der Waals surface area contributed by atoms with Gasteiger partial charge in [-0.2, -0.15) is 4.52 Å². The van der Waals surface area contributed by atoms with Crippen molar-refractivity contribution in [2.45, 2.75) is 23.8 Å². The summed E-state index contributed by atoms with van der Waals surface area (Å²) in [6, 6.07) is 23.2. The molecule has 33 heavy (non-hydrogen) atoms. The average molecular weight is 458 g/mol. The zero-order valence-electron chi connectivity index (χ0n) is 17.8. The van der Waals surface area contributed by atoms with E-state index in [1.54, 1.807) is 16.6 Å². The number of para-hydroxylation sites is 1. The Morgan fingerprint density at radius 2 is 1.73 bits per heavy atom. The van der Waals surface area contributed by atoms with Gasteiger partial charge in [0.2, 0.25) is 5.91 Å². The molecule has 3 aromatic carbocycles. The Balaban J connectivity index is 1.53. The summed E-state index contributed by atoms with van der Waals surface area (Å²) in [5.74, 6) is 0.0672. The molecule has 0 saturated heterocycles. The van der Waals surface area contributed by atoms with Crippen molar-refractivity contribution in [1.29, 1.82) is 0 Å². The van der Waals surface area contributed by atoms with Crippen molar-refractivity contribution in [3.05, 3.63) is 84.7 Å². The van der Waals surface area contributed by atoms with Gasteiger partial charge in [0.15, 0.2) is 16.6 Å². The summed E-state index contributed by atoms with van der Waals surface area (Å²) < 4.78 is 14.9. The van der Waals surface area contributed by atoms with Crippen LogP contribution in [0.2, 0.25) is 0 Å². The number of hydrogen-bond acceptors (Lipinski definition) is 5. The molecule has 0 unspecified atom stereocenters. The highest BCUT2D eigenvalue weighted by Gasteiger charge is 2.23. The fourth-order valence-electron chi connectivity index (χ4n) is 3.52. The number of nitrogens with one attached hydrogen (secondary N) is 1. The molecule has 1 atom stereocenters. The van der Waals surface area contributed by atoms with Gasteiger partial charge in [0.25, 0.3) is 0 Å². The van der Waals surface area contributed by atoms with Crippen LogP contribution in [0, 0.1) is 5.82 Å². The molecule has 1 amide bonds. The molecule has 1 N–H and O–H groups in total. The zero-order valence-corrected chi connectivity index (χ0v) is 18.6. The minimum absolute atomic E-state index is 0.180. The summed E-state index contributed by atoms with van der Waals surface area (Å²) in [5.41, 5.74) is 2.93. The highest BCUT2D eigenvalue weighted by atomic mass is 32.2. The van der Waals surface area contributed by atoms with Gasteiger partial charge >= 0.3 is 0 Å². The number of halogens is 1. The third-order valence-electron chi connectivity index (χ3n) is 5.20. The summed E-state index contributed by atoms with van der Waals surface area (Å²) >= 11 is 1.34. The third kappa shape index (κ3) is 4.29. The van der Waals surface area contributed by atoms with E-state index in [4.69, 9.17) is 15.1 Å². The number of nitrogens with zero attached hydrogens (tertiary/aromatic N) is 4.